The van der Waals surface area contributed by atoms with Gasteiger partial charge in [0.2, 0.25) is 0 Å². The van der Waals surface area contributed by atoms with E-state index < -0.39 is 40.9 Å². The smallest absolute Gasteiger partial charge is 0.308 e. The number of ether oxygens (including phenoxy) is 1. The van der Waals surface area contributed by atoms with Gasteiger partial charge >= 0.3 is 5.97 Å². The molecule has 152 valence electrons. The normalized spacial score (nSPS) is 10.1. The van der Waals surface area contributed by atoms with E-state index in [-0.39, 0.29) is 29.9 Å². The Morgan fingerprint density at radius 3 is 2.41 bits per heavy atom. The Labute approximate surface area is 162 Å². The summed E-state index contributed by atoms with van der Waals surface area (Å²) in [6.45, 7) is -0.820. The van der Waals surface area contributed by atoms with Crippen molar-refractivity contribution < 1.29 is 32.8 Å². The van der Waals surface area contributed by atoms with Crippen LogP contribution in [0.4, 0.5) is 20.2 Å². The first-order valence-corrected chi connectivity index (χ1v) is 8.19. The van der Waals surface area contributed by atoms with E-state index in [4.69, 9.17) is 0 Å². The Hall–Kier alpha value is -3.89. The molecule has 9 nitrogen and oxygen atoms in total. The molecule has 2 rings (SSSR count). The molecule has 0 spiro atoms. The lowest BCUT2D eigenvalue weighted by Gasteiger charge is -2.08. The minimum Gasteiger partial charge on any atom is -0.456 e. The van der Waals surface area contributed by atoms with Gasteiger partial charge in [-0.2, -0.15) is 0 Å². The van der Waals surface area contributed by atoms with E-state index in [1.807, 2.05) is 0 Å². The molecule has 11 heteroatoms. The molecule has 2 aromatic carbocycles. The monoisotopic (exact) mass is 407 g/mol. The van der Waals surface area contributed by atoms with E-state index in [9.17, 15) is 33.3 Å². The van der Waals surface area contributed by atoms with E-state index >= 15 is 0 Å². The third-order valence-electron chi connectivity index (χ3n) is 3.52. The second-order valence-electron chi connectivity index (χ2n) is 5.64. The molecule has 2 amide bonds. The van der Waals surface area contributed by atoms with Crippen molar-refractivity contribution in [3.8, 4) is 0 Å². The Balaban J connectivity index is 1.71. The predicted octanol–water partition coefficient (Wildman–Crippen LogP) is 2.17. The standard InChI is InChI=1S/C18H15F2N3O6/c19-12-3-6-14(20)15(9-12)22-16(24)10-29-17(25)7-8-21-18(26)11-1-4-13(5-2-11)23(27)28/h1-6,9H,7-8,10H2,(H,21,26)(H,22,24). The van der Waals surface area contributed by atoms with E-state index in [2.05, 4.69) is 15.4 Å². The number of non-ortho nitro benzene ring substituents is 1. The third-order valence-corrected chi connectivity index (χ3v) is 3.52. The van der Waals surface area contributed by atoms with Crippen LogP contribution >= 0.6 is 0 Å². The highest BCUT2D eigenvalue weighted by molar-refractivity contribution is 5.95. The van der Waals surface area contributed by atoms with Gasteiger partial charge in [-0.3, -0.25) is 24.5 Å². The van der Waals surface area contributed by atoms with Crippen molar-refractivity contribution >= 4 is 29.2 Å². The third kappa shape index (κ3) is 6.65. The van der Waals surface area contributed by atoms with Crippen LogP contribution in [0.1, 0.15) is 16.8 Å². The minimum atomic E-state index is -0.863. The molecule has 0 radical (unpaired) electrons. The maximum atomic E-state index is 13.4. The van der Waals surface area contributed by atoms with Crippen molar-refractivity contribution in [1.82, 2.24) is 5.32 Å². The number of nitro benzene ring substituents is 1. The maximum Gasteiger partial charge on any atom is 0.308 e. The van der Waals surface area contributed by atoms with Crippen molar-refractivity contribution in [1.29, 1.82) is 0 Å². The zero-order valence-corrected chi connectivity index (χ0v) is 14.8. The van der Waals surface area contributed by atoms with Crippen LogP contribution in [0, 0.1) is 21.7 Å². The van der Waals surface area contributed by atoms with Crippen LogP contribution in [0.5, 0.6) is 0 Å². The number of nitrogens with one attached hydrogen (secondary N) is 2. The number of halogens is 2. The molecular formula is C18H15F2N3O6. The lowest BCUT2D eigenvalue weighted by molar-refractivity contribution is -0.384. The van der Waals surface area contributed by atoms with Crippen molar-refractivity contribution in [3.63, 3.8) is 0 Å². The zero-order valence-electron chi connectivity index (χ0n) is 14.8. The summed E-state index contributed by atoms with van der Waals surface area (Å²) >= 11 is 0. The molecule has 0 fully saturated rings. The molecule has 0 atom stereocenters. The summed E-state index contributed by atoms with van der Waals surface area (Å²) in [5, 5.41) is 15.0. The van der Waals surface area contributed by atoms with Gasteiger partial charge in [0.25, 0.3) is 17.5 Å². The topological polar surface area (TPSA) is 128 Å². The van der Waals surface area contributed by atoms with Crippen molar-refractivity contribution in [3.05, 3.63) is 69.8 Å². The van der Waals surface area contributed by atoms with Crippen LogP contribution in [0.25, 0.3) is 0 Å². The Morgan fingerprint density at radius 1 is 1.07 bits per heavy atom. The van der Waals surface area contributed by atoms with Gasteiger partial charge in [-0.15, -0.1) is 0 Å². The number of hydrogen-bond acceptors (Lipinski definition) is 6. The molecule has 0 bridgehead atoms. The number of carbonyl (C=O) groups is 3. The van der Waals surface area contributed by atoms with Crippen molar-refractivity contribution in [2.45, 2.75) is 6.42 Å². The molecule has 2 aromatic rings. The van der Waals surface area contributed by atoms with Gasteiger partial charge in [0.15, 0.2) is 6.61 Å². The van der Waals surface area contributed by atoms with Crippen molar-refractivity contribution in [2.24, 2.45) is 0 Å². The first kappa shape index (κ1) is 21.4. The van der Waals surface area contributed by atoms with E-state index in [0.717, 1.165) is 18.2 Å². The predicted molar refractivity (Wildman–Crippen MR) is 96.0 cm³/mol. The number of amides is 2. The number of nitro groups is 1. The van der Waals surface area contributed by atoms with Gasteiger partial charge in [-0.25, -0.2) is 8.78 Å². The Morgan fingerprint density at radius 2 is 1.76 bits per heavy atom. The van der Waals surface area contributed by atoms with E-state index in [1.54, 1.807) is 0 Å². The van der Waals surface area contributed by atoms with Gasteiger partial charge in [0.1, 0.15) is 11.6 Å². The molecule has 0 aliphatic rings. The van der Waals surface area contributed by atoms with E-state index in [0.29, 0.717) is 0 Å². The number of esters is 1. The largest absolute Gasteiger partial charge is 0.456 e. The highest BCUT2D eigenvalue weighted by Crippen LogP contribution is 2.15. The quantitative estimate of drug-likeness (QED) is 0.392. The molecule has 0 aliphatic carbocycles. The Bertz CT molecular complexity index is 934. The molecule has 0 heterocycles. The van der Waals surface area contributed by atoms with Gasteiger partial charge in [0, 0.05) is 30.3 Å². The molecule has 2 N–H and O–H groups in total. The van der Waals surface area contributed by atoms with Crippen LogP contribution in [-0.2, 0) is 14.3 Å². The van der Waals surface area contributed by atoms with Gasteiger partial charge in [0.05, 0.1) is 17.0 Å². The van der Waals surface area contributed by atoms with Gasteiger partial charge < -0.3 is 15.4 Å². The van der Waals surface area contributed by atoms with Crippen molar-refractivity contribution in [2.75, 3.05) is 18.5 Å². The SMILES string of the molecule is O=C(COC(=O)CCNC(=O)c1ccc([N+](=O)[O-])cc1)Nc1cc(F)ccc1F. The average molecular weight is 407 g/mol. The molecular weight excluding hydrogens is 392 g/mol. The number of benzene rings is 2. The fourth-order valence-electron chi connectivity index (χ4n) is 2.11. The summed E-state index contributed by atoms with van der Waals surface area (Å²) in [4.78, 5) is 45.1. The summed E-state index contributed by atoms with van der Waals surface area (Å²) in [5.41, 5.74) is -0.386. The summed E-state index contributed by atoms with van der Waals surface area (Å²) in [6, 6.07) is 7.37. The fraction of sp³-hybridized carbons (Fsp3) is 0.167. The van der Waals surface area contributed by atoms with Crippen LogP contribution in [-0.4, -0.2) is 35.9 Å². The molecule has 0 saturated heterocycles. The summed E-state index contributed by atoms with van der Waals surface area (Å²) in [5.74, 6) is -3.81. The molecule has 0 aliphatic heterocycles. The maximum absolute atomic E-state index is 13.4. The minimum absolute atomic E-state index is 0.102. The molecule has 29 heavy (non-hydrogen) atoms. The molecule has 0 aromatic heterocycles. The second kappa shape index (κ2) is 9.88. The van der Waals surface area contributed by atoms with Crippen LogP contribution in [0.3, 0.4) is 0 Å². The molecule has 0 saturated carbocycles. The summed E-state index contributed by atoms with van der Waals surface area (Å²) in [6.07, 6.45) is -0.250. The average Bonchev–Trinajstić information content (AvgIpc) is 2.69. The summed E-state index contributed by atoms with van der Waals surface area (Å²) in [7, 11) is 0. The van der Waals surface area contributed by atoms with Crippen LogP contribution in [0.15, 0.2) is 42.5 Å². The van der Waals surface area contributed by atoms with E-state index in [1.165, 1.54) is 24.3 Å². The first-order chi connectivity index (χ1) is 13.8. The van der Waals surface area contributed by atoms with Gasteiger partial charge in [-0.05, 0) is 24.3 Å². The highest BCUT2D eigenvalue weighted by Gasteiger charge is 2.13. The highest BCUT2D eigenvalue weighted by atomic mass is 19.1. The number of anilines is 1. The number of rotatable bonds is 8. The van der Waals surface area contributed by atoms with Gasteiger partial charge in [-0.1, -0.05) is 0 Å². The van der Waals surface area contributed by atoms with Crippen LogP contribution < -0.4 is 10.6 Å². The number of nitrogens with zero attached hydrogens (tertiary/aromatic N) is 1. The molecule has 0 unspecified atom stereocenters. The first-order valence-electron chi connectivity index (χ1n) is 8.19. The lowest BCUT2D eigenvalue weighted by Crippen LogP contribution is -2.27. The second-order valence-corrected chi connectivity index (χ2v) is 5.64. The fourth-order valence-corrected chi connectivity index (χ4v) is 2.11. The Kier molecular flexibility index (Phi) is 7.29. The van der Waals surface area contributed by atoms with Crippen LogP contribution in [0.2, 0.25) is 0 Å². The lowest BCUT2D eigenvalue weighted by atomic mass is 10.2. The number of hydrogen-bond donors (Lipinski definition) is 2. The summed E-state index contributed by atoms with van der Waals surface area (Å²) < 4.78 is 31.1. The zero-order chi connectivity index (χ0) is 21.4. The number of carbonyl (C=O) groups excluding carboxylic acids is 3.